The standard InChI is InChI=1S/C25H31F2N/c1-8-13-25(27,9-2)18-10-11-19(26)22-21(18)23-20(16(5)24(22,6)7)17(15(3)4)12-14-28-23/h8,11-14,18H,9-10H2,1-7H3. The molecule has 2 atom stereocenters. The second-order valence-corrected chi connectivity index (χ2v) is 8.74. The molecule has 28 heavy (non-hydrogen) atoms. The zero-order valence-electron chi connectivity index (χ0n) is 18.1. The van der Waals surface area contributed by atoms with Gasteiger partial charge in [0.2, 0.25) is 0 Å². The molecule has 3 heteroatoms. The quantitative estimate of drug-likeness (QED) is 0.601. The molecular weight excluding hydrogens is 352 g/mol. The number of hydrogen-bond donors (Lipinski definition) is 0. The summed E-state index contributed by atoms with van der Waals surface area (Å²) in [5.41, 5.74) is 2.30. The molecule has 3 rings (SSSR count). The Morgan fingerprint density at radius 1 is 1.36 bits per heavy atom. The topological polar surface area (TPSA) is 12.9 Å². The molecule has 150 valence electrons. The third-order valence-corrected chi connectivity index (χ3v) is 6.64. The molecule has 0 aliphatic heterocycles. The highest BCUT2D eigenvalue weighted by atomic mass is 19.1. The summed E-state index contributed by atoms with van der Waals surface area (Å²) in [4.78, 5) is 4.68. The van der Waals surface area contributed by atoms with Gasteiger partial charge in [0.15, 0.2) is 0 Å². The summed E-state index contributed by atoms with van der Waals surface area (Å²) in [5.74, 6) is -0.682. The molecular formula is C25H31F2N. The van der Waals surface area contributed by atoms with E-state index in [0.717, 1.165) is 27.3 Å². The van der Waals surface area contributed by atoms with E-state index in [4.69, 9.17) is 0 Å². The maximum atomic E-state index is 16.1. The van der Waals surface area contributed by atoms with Gasteiger partial charge in [0.25, 0.3) is 0 Å². The van der Waals surface area contributed by atoms with Crippen LogP contribution in [0.5, 0.6) is 0 Å². The number of alkyl halides is 1. The lowest BCUT2D eigenvalue weighted by molar-refractivity contribution is 0.163. The van der Waals surface area contributed by atoms with Crippen LogP contribution < -0.4 is 10.4 Å². The van der Waals surface area contributed by atoms with Gasteiger partial charge in [-0.15, -0.1) is 0 Å². The van der Waals surface area contributed by atoms with Gasteiger partial charge in [-0.25, -0.2) is 8.78 Å². The molecule has 0 radical (unpaired) electrons. The van der Waals surface area contributed by atoms with Crippen LogP contribution in [0.3, 0.4) is 0 Å². The largest absolute Gasteiger partial charge is 0.256 e. The van der Waals surface area contributed by atoms with Crippen LogP contribution in [0.2, 0.25) is 0 Å². The number of allylic oxidation sites excluding steroid dienone is 6. The third-order valence-electron chi connectivity index (χ3n) is 6.64. The van der Waals surface area contributed by atoms with E-state index in [0.29, 0.717) is 18.4 Å². The summed E-state index contributed by atoms with van der Waals surface area (Å²) in [7, 11) is 0. The van der Waals surface area contributed by atoms with Crippen LogP contribution >= 0.6 is 0 Å². The fourth-order valence-electron chi connectivity index (χ4n) is 4.82. The lowest BCUT2D eigenvalue weighted by atomic mass is 9.63. The van der Waals surface area contributed by atoms with E-state index in [1.54, 1.807) is 24.4 Å². The van der Waals surface area contributed by atoms with Crippen molar-refractivity contribution < 1.29 is 8.78 Å². The van der Waals surface area contributed by atoms with Crippen molar-refractivity contribution in [3.8, 4) is 0 Å². The van der Waals surface area contributed by atoms with Gasteiger partial charge in [-0.05, 0) is 63.5 Å². The van der Waals surface area contributed by atoms with E-state index in [9.17, 15) is 0 Å². The second kappa shape index (κ2) is 7.09. The van der Waals surface area contributed by atoms with Crippen molar-refractivity contribution in [2.45, 2.75) is 67.0 Å². The summed E-state index contributed by atoms with van der Waals surface area (Å²) < 4.78 is 31.3. The van der Waals surface area contributed by atoms with Crippen molar-refractivity contribution in [2.75, 3.05) is 0 Å². The minimum atomic E-state index is -1.53. The third kappa shape index (κ3) is 2.91. The van der Waals surface area contributed by atoms with Gasteiger partial charge < -0.3 is 0 Å². The van der Waals surface area contributed by atoms with Crippen molar-refractivity contribution in [3.63, 3.8) is 0 Å². The van der Waals surface area contributed by atoms with Crippen LogP contribution in [0, 0.1) is 11.3 Å². The number of aromatic nitrogens is 1. The van der Waals surface area contributed by atoms with Gasteiger partial charge in [0.05, 0.1) is 5.69 Å². The van der Waals surface area contributed by atoms with E-state index in [2.05, 4.69) is 25.8 Å². The van der Waals surface area contributed by atoms with Crippen LogP contribution in [-0.4, -0.2) is 10.7 Å². The Balaban J connectivity index is 2.50. The summed E-state index contributed by atoms with van der Waals surface area (Å²) in [5, 5.41) is 2.16. The van der Waals surface area contributed by atoms with Crippen molar-refractivity contribution in [1.82, 2.24) is 4.98 Å². The molecule has 0 amide bonds. The molecule has 1 aromatic heterocycles. The predicted molar refractivity (Wildman–Crippen MR) is 114 cm³/mol. The van der Waals surface area contributed by atoms with Gasteiger partial charge in [0.1, 0.15) is 11.5 Å². The predicted octanol–water partition coefficient (Wildman–Crippen LogP) is 5.80. The number of pyridine rings is 1. The van der Waals surface area contributed by atoms with Gasteiger partial charge >= 0.3 is 0 Å². The van der Waals surface area contributed by atoms with E-state index < -0.39 is 17.0 Å². The Labute approximate surface area is 167 Å². The van der Waals surface area contributed by atoms with E-state index in [1.165, 1.54) is 5.57 Å². The van der Waals surface area contributed by atoms with Crippen LogP contribution in [0.15, 0.2) is 41.9 Å². The molecule has 0 bridgehead atoms. The van der Waals surface area contributed by atoms with E-state index in [1.807, 2.05) is 33.8 Å². The Morgan fingerprint density at radius 2 is 2.04 bits per heavy atom. The zero-order valence-corrected chi connectivity index (χ0v) is 18.1. The Morgan fingerprint density at radius 3 is 2.61 bits per heavy atom. The molecule has 2 aliphatic rings. The first-order valence-corrected chi connectivity index (χ1v) is 10.2. The fraction of sp³-hybridized carbons (Fsp3) is 0.480. The molecule has 0 saturated carbocycles. The van der Waals surface area contributed by atoms with Gasteiger partial charge in [-0.2, -0.15) is 0 Å². The summed E-state index contributed by atoms with van der Waals surface area (Å²) in [6.45, 7) is 14.0. The van der Waals surface area contributed by atoms with Gasteiger partial charge in [-0.1, -0.05) is 44.1 Å². The maximum absolute atomic E-state index is 16.1. The Bertz CT molecular complexity index is 1020. The van der Waals surface area contributed by atoms with Crippen LogP contribution in [0.4, 0.5) is 8.78 Å². The molecule has 2 unspecified atom stereocenters. The normalized spacial score (nSPS) is 23.2. The van der Waals surface area contributed by atoms with E-state index in [-0.39, 0.29) is 5.83 Å². The molecule has 2 aliphatic carbocycles. The SMILES string of the molecule is CC=CC(F)(CC)C1CC=C(F)C2=C1c1nccc(=C(C)C)c1=C(C)C2(C)C. The summed E-state index contributed by atoms with van der Waals surface area (Å²) in [6.07, 6.45) is 7.42. The van der Waals surface area contributed by atoms with Crippen molar-refractivity contribution >= 4 is 16.7 Å². The zero-order chi connectivity index (χ0) is 20.9. The fourth-order valence-corrected chi connectivity index (χ4v) is 4.82. The maximum Gasteiger partial charge on any atom is 0.136 e. The highest BCUT2D eigenvalue weighted by Crippen LogP contribution is 2.53. The second-order valence-electron chi connectivity index (χ2n) is 8.74. The minimum Gasteiger partial charge on any atom is -0.256 e. The number of fused-ring (bicyclic) bond motifs is 2. The van der Waals surface area contributed by atoms with Crippen molar-refractivity contribution in [1.29, 1.82) is 0 Å². The summed E-state index contributed by atoms with van der Waals surface area (Å²) >= 11 is 0. The smallest absolute Gasteiger partial charge is 0.136 e. The molecule has 0 fully saturated rings. The lowest BCUT2D eigenvalue weighted by Gasteiger charge is -2.42. The first kappa shape index (κ1) is 20.7. The Kier molecular flexibility index (Phi) is 5.24. The monoisotopic (exact) mass is 383 g/mol. The molecule has 0 spiro atoms. The molecule has 0 aromatic carbocycles. The minimum absolute atomic E-state index is 0.232. The number of nitrogens with zero attached hydrogens (tertiary/aromatic N) is 1. The average molecular weight is 384 g/mol. The van der Waals surface area contributed by atoms with Gasteiger partial charge in [-0.3, -0.25) is 4.98 Å². The molecule has 1 aromatic rings. The summed E-state index contributed by atoms with van der Waals surface area (Å²) in [6, 6.07) is 2.01. The number of halogens is 2. The van der Waals surface area contributed by atoms with Crippen molar-refractivity contribution in [3.05, 3.63) is 58.0 Å². The first-order valence-electron chi connectivity index (χ1n) is 10.2. The van der Waals surface area contributed by atoms with Crippen LogP contribution in [0.25, 0.3) is 16.7 Å². The molecule has 1 nitrogen and oxygen atoms in total. The Hall–Kier alpha value is -2.03. The highest BCUT2D eigenvalue weighted by Gasteiger charge is 2.46. The van der Waals surface area contributed by atoms with Gasteiger partial charge in [0, 0.05) is 28.3 Å². The highest BCUT2D eigenvalue weighted by molar-refractivity contribution is 5.84. The lowest BCUT2D eigenvalue weighted by Crippen LogP contribution is -2.44. The van der Waals surface area contributed by atoms with Crippen LogP contribution in [-0.2, 0) is 0 Å². The first-order chi connectivity index (χ1) is 13.1. The molecule has 0 N–H and O–H groups in total. The average Bonchev–Trinajstić information content (AvgIpc) is 2.65. The van der Waals surface area contributed by atoms with Crippen molar-refractivity contribution in [2.24, 2.45) is 11.3 Å². The molecule has 0 saturated heterocycles. The number of rotatable bonds is 3. The van der Waals surface area contributed by atoms with E-state index >= 15 is 8.78 Å². The molecule has 1 heterocycles. The van der Waals surface area contributed by atoms with Crippen LogP contribution in [0.1, 0.15) is 67.0 Å². The number of hydrogen-bond acceptors (Lipinski definition) is 1.